The molecule has 6 nitrogen and oxygen atoms in total. The molecule has 3 aromatic carbocycles. The lowest BCUT2D eigenvalue weighted by Gasteiger charge is -2.16. The summed E-state index contributed by atoms with van der Waals surface area (Å²) in [7, 11) is 0. The Kier molecular flexibility index (Phi) is 8.41. The van der Waals surface area contributed by atoms with Crippen molar-refractivity contribution in [3.63, 3.8) is 0 Å². The molecule has 3 aromatic rings. The van der Waals surface area contributed by atoms with Gasteiger partial charge >= 0.3 is 18.5 Å². The zero-order chi connectivity index (χ0) is 31.5. The Hall–Kier alpha value is -5.67. The Bertz CT molecular complexity index is 1780. The summed E-state index contributed by atoms with van der Waals surface area (Å²) >= 11 is 0. The van der Waals surface area contributed by atoms with Crippen molar-refractivity contribution >= 4 is 11.4 Å². The Morgan fingerprint density at radius 3 is 1.38 bits per heavy atom. The van der Waals surface area contributed by atoms with Gasteiger partial charge < -0.3 is 9.47 Å². The van der Waals surface area contributed by atoms with Crippen molar-refractivity contribution in [2.45, 2.75) is 18.5 Å². The van der Waals surface area contributed by atoms with Gasteiger partial charge in [-0.25, -0.2) is 20.2 Å². The smallest absolute Gasteiger partial charge is 0.416 e. The van der Waals surface area contributed by atoms with Crippen LogP contribution in [0.1, 0.15) is 16.7 Å². The van der Waals surface area contributed by atoms with Gasteiger partial charge in [0.2, 0.25) is 0 Å². The second-order valence-electron chi connectivity index (χ2n) is 7.96. The number of benzene rings is 3. The molecule has 0 amide bonds. The average Bonchev–Trinajstić information content (AvgIpc) is 2.90. The van der Waals surface area contributed by atoms with E-state index in [4.69, 9.17) is 22.6 Å². The van der Waals surface area contributed by atoms with E-state index in [2.05, 4.69) is 9.69 Å². The van der Waals surface area contributed by atoms with E-state index >= 15 is 0 Å². The highest BCUT2D eigenvalue weighted by Crippen LogP contribution is 2.39. The van der Waals surface area contributed by atoms with E-state index in [1.165, 1.54) is 12.1 Å². The number of nitrogens with zero attached hydrogens (tertiary/aromatic N) is 4. The molecule has 0 saturated carbocycles. The number of rotatable bonds is 4. The third kappa shape index (κ3) is 6.90. The number of alkyl halides is 9. The molecule has 0 radical (unpaired) electrons. The minimum atomic E-state index is -5.25. The number of hydrogen-bond acceptors (Lipinski definition) is 4. The van der Waals surface area contributed by atoms with Gasteiger partial charge in [-0.15, -0.1) is 0 Å². The van der Waals surface area contributed by atoms with Crippen molar-refractivity contribution in [1.29, 1.82) is 10.5 Å². The molecule has 0 unspecified atom stereocenters. The van der Waals surface area contributed by atoms with E-state index in [0.717, 1.165) is 24.3 Å². The molecule has 0 saturated heterocycles. The van der Waals surface area contributed by atoms with Crippen LogP contribution in [0.25, 0.3) is 21.1 Å². The average molecular weight is 592 g/mol. The van der Waals surface area contributed by atoms with Crippen LogP contribution < -0.4 is 19.9 Å². The molecule has 0 aliphatic carbocycles. The quantitative estimate of drug-likeness (QED) is 0.233. The Balaban J connectivity index is 2.37. The zero-order valence-corrected chi connectivity index (χ0v) is 20.2. The molecule has 0 aromatic heterocycles. The van der Waals surface area contributed by atoms with Crippen LogP contribution in [0.15, 0.2) is 54.6 Å². The standard InChI is InChI=1S/C27H9F9N4O2/c1-39-21(12-37)19-11-24(42-18-8-15(26(31,32)33)6-16(9-18)27(34,35)36)20(22(13-38)40-2)10-23(19)41-17-5-3-4-14(7-17)25(28,29)30/h3-11H. The van der Waals surface area contributed by atoms with Crippen LogP contribution in [-0.2, 0) is 18.5 Å². The lowest BCUT2D eigenvalue weighted by atomic mass is 10.1. The molecule has 0 bridgehead atoms. The van der Waals surface area contributed by atoms with Gasteiger partial charge in [0.05, 0.1) is 42.0 Å². The molecule has 42 heavy (non-hydrogen) atoms. The van der Waals surface area contributed by atoms with Crippen LogP contribution in [0.5, 0.6) is 23.0 Å². The van der Waals surface area contributed by atoms with Crippen LogP contribution in [0.3, 0.4) is 0 Å². The molecule has 0 N–H and O–H groups in total. The molecule has 3 rings (SSSR count). The normalized spacial score (nSPS) is 13.1. The monoisotopic (exact) mass is 592 g/mol. The third-order valence-electron chi connectivity index (χ3n) is 5.21. The third-order valence-corrected chi connectivity index (χ3v) is 5.21. The first-order valence-corrected chi connectivity index (χ1v) is 10.8. The zero-order valence-electron chi connectivity index (χ0n) is 20.2. The molecule has 0 spiro atoms. The Morgan fingerprint density at radius 1 is 0.595 bits per heavy atom. The van der Waals surface area contributed by atoms with Crippen LogP contribution in [0, 0.1) is 35.8 Å². The summed E-state index contributed by atoms with van der Waals surface area (Å²) < 4.78 is 130. The maximum absolute atomic E-state index is 13.3. The SMILES string of the molecule is [C-]#[N+]C(C#N)=c1cc(Oc2cc(C(F)(F)F)cc(C(F)(F)F)c2)c(=C(C#N)[N+]#[C-])cc1Oc1cccc(C(F)(F)F)c1. The van der Waals surface area contributed by atoms with Crippen molar-refractivity contribution in [2.24, 2.45) is 0 Å². The molecular formula is C27H9F9N4O2. The molecule has 0 aliphatic heterocycles. The number of hydrogen-bond donors (Lipinski definition) is 0. The van der Waals surface area contributed by atoms with Crippen molar-refractivity contribution in [3.8, 4) is 35.1 Å². The van der Waals surface area contributed by atoms with Gasteiger partial charge in [-0.05, 0) is 48.5 Å². The number of ether oxygens (including phenoxy) is 2. The van der Waals surface area contributed by atoms with Crippen LogP contribution in [0.4, 0.5) is 39.5 Å². The van der Waals surface area contributed by atoms with Gasteiger partial charge in [0.25, 0.3) is 11.4 Å². The van der Waals surface area contributed by atoms with Crippen LogP contribution in [-0.4, -0.2) is 0 Å². The molecule has 15 heteroatoms. The van der Waals surface area contributed by atoms with Crippen molar-refractivity contribution in [3.05, 3.63) is 105 Å². The number of nitriles is 2. The first-order valence-electron chi connectivity index (χ1n) is 10.8. The summed E-state index contributed by atoms with van der Waals surface area (Å²) in [6.45, 7) is 14.5. The second kappa shape index (κ2) is 11.4. The van der Waals surface area contributed by atoms with Crippen LogP contribution in [0.2, 0.25) is 0 Å². The largest absolute Gasteiger partial charge is 0.458 e. The van der Waals surface area contributed by atoms with Gasteiger partial charge in [-0.1, -0.05) is 6.07 Å². The van der Waals surface area contributed by atoms with Crippen molar-refractivity contribution < 1.29 is 49.0 Å². The van der Waals surface area contributed by atoms with Gasteiger partial charge in [0.15, 0.2) is 0 Å². The molecule has 0 atom stereocenters. The van der Waals surface area contributed by atoms with E-state index in [1.807, 2.05) is 0 Å². The molecule has 212 valence electrons. The lowest BCUT2D eigenvalue weighted by molar-refractivity contribution is -0.143. The van der Waals surface area contributed by atoms with E-state index in [-0.39, 0.29) is 18.2 Å². The maximum Gasteiger partial charge on any atom is 0.416 e. The minimum Gasteiger partial charge on any atom is -0.458 e. The molecule has 0 aliphatic rings. The van der Waals surface area contributed by atoms with Gasteiger partial charge in [-0.3, -0.25) is 0 Å². The van der Waals surface area contributed by atoms with Gasteiger partial charge in [0.1, 0.15) is 23.0 Å². The number of halogens is 9. The predicted molar refractivity (Wildman–Crippen MR) is 125 cm³/mol. The second-order valence-corrected chi connectivity index (χ2v) is 7.96. The summed E-state index contributed by atoms with van der Waals surface area (Å²) in [6, 6.07) is 7.99. The highest BCUT2D eigenvalue weighted by molar-refractivity contribution is 5.72. The topological polar surface area (TPSA) is 74.8 Å². The highest BCUT2D eigenvalue weighted by atomic mass is 19.4. The molecule has 0 heterocycles. The summed E-state index contributed by atoms with van der Waals surface area (Å²) in [5, 5.41) is 17.7. The van der Waals surface area contributed by atoms with Gasteiger partial charge in [-0.2, -0.15) is 39.5 Å². The lowest BCUT2D eigenvalue weighted by Crippen LogP contribution is -2.18. The van der Waals surface area contributed by atoms with E-state index in [9.17, 15) is 50.0 Å². The van der Waals surface area contributed by atoms with Gasteiger partial charge in [0, 0.05) is 10.4 Å². The van der Waals surface area contributed by atoms with E-state index in [0.29, 0.717) is 12.1 Å². The summed E-state index contributed by atoms with van der Waals surface area (Å²) in [5.41, 5.74) is -6.26. The first-order chi connectivity index (χ1) is 19.5. The fourth-order valence-electron chi connectivity index (χ4n) is 3.37. The maximum atomic E-state index is 13.3. The molecule has 0 fully saturated rings. The fourth-order valence-corrected chi connectivity index (χ4v) is 3.37. The fraction of sp³-hybridized carbons (Fsp3) is 0.111. The van der Waals surface area contributed by atoms with Crippen LogP contribution >= 0.6 is 0 Å². The van der Waals surface area contributed by atoms with E-state index in [1.54, 1.807) is 0 Å². The Labute approximate surface area is 229 Å². The minimum absolute atomic E-state index is 0.169. The highest BCUT2D eigenvalue weighted by Gasteiger charge is 2.37. The molecular weight excluding hydrogens is 583 g/mol. The first kappa shape index (κ1) is 30.9. The predicted octanol–water partition coefficient (Wildman–Crippen LogP) is 7.43. The summed E-state index contributed by atoms with van der Waals surface area (Å²) in [6.07, 6.45) is -15.3. The Morgan fingerprint density at radius 2 is 1.00 bits per heavy atom. The summed E-state index contributed by atoms with van der Waals surface area (Å²) in [4.78, 5) is 5.88. The van der Waals surface area contributed by atoms with Crippen molar-refractivity contribution in [2.75, 3.05) is 0 Å². The van der Waals surface area contributed by atoms with Crippen molar-refractivity contribution in [1.82, 2.24) is 0 Å². The van der Waals surface area contributed by atoms with E-state index < -0.39 is 80.0 Å². The summed E-state index contributed by atoms with van der Waals surface area (Å²) in [5.74, 6) is -2.81.